The van der Waals surface area contributed by atoms with Gasteiger partial charge in [-0.1, -0.05) is 17.7 Å². The molecule has 0 radical (unpaired) electrons. The summed E-state index contributed by atoms with van der Waals surface area (Å²) in [6.07, 6.45) is -3.80. The standard InChI is InChI=1S/C18H12ClF4N3O3/c1-2-28-17(27)14-15(29-8-24-14)9-6-7-12(18(21,22)23)26-16(9)25-11-5-3-4-10(20)13(11)19/h3-8H,2H2,1H3,(H,25,26). The van der Waals surface area contributed by atoms with Crippen LogP contribution in [0.5, 0.6) is 0 Å². The lowest BCUT2D eigenvalue weighted by atomic mass is 10.1. The molecule has 11 heteroatoms. The van der Waals surface area contributed by atoms with Crippen LogP contribution in [0.3, 0.4) is 0 Å². The molecule has 0 aliphatic rings. The number of hydrogen-bond donors (Lipinski definition) is 1. The number of esters is 1. The van der Waals surface area contributed by atoms with E-state index in [-0.39, 0.29) is 40.2 Å². The third-order valence-electron chi connectivity index (χ3n) is 3.67. The van der Waals surface area contributed by atoms with Crippen molar-refractivity contribution in [3.63, 3.8) is 0 Å². The molecule has 6 nitrogen and oxygen atoms in total. The van der Waals surface area contributed by atoms with Crippen molar-refractivity contribution < 1.29 is 31.5 Å². The molecule has 0 aliphatic heterocycles. The molecule has 0 saturated carbocycles. The molecule has 2 heterocycles. The van der Waals surface area contributed by atoms with Crippen molar-refractivity contribution in [2.45, 2.75) is 13.1 Å². The van der Waals surface area contributed by atoms with Gasteiger partial charge in [0.25, 0.3) is 0 Å². The third-order valence-corrected chi connectivity index (χ3v) is 4.06. The summed E-state index contributed by atoms with van der Waals surface area (Å²) in [6, 6.07) is 5.52. The lowest BCUT2D eigenvalue weighted by Gasteiger charge is -2.14. The van der Waals surface area contributed by atoms with Crippen LogP contribution in [0.15, 0.2) is 41.1 Å². The monoisotopic (exact) mass is 429 g/mol. The van der Waals surface area contributed by atoms with Crippen LogP contribution in [0.4, 0.5) is 29.1 Å². The van der Waals surface area contributed by atoms with Gasteiger partial charge in [0.1, 0.15) is 17.3 Å². The maximum Gasteiger partial charge on any atom is 0.433 e. The summed E-state index contributed by atoms with van der Waals surface area (Å²) in [6.45, 7) is 1.64. The van der Waals surface area contributed by atoms with Crippen LogP contribution >= 0.6 is 11.6 Å². The van der Waals surface area contributed by atoms with Crippen LogP contribution in [0.25, 0.3) is 11.3 Å². The van der Waals surface area contributed by atoms with Gasteiger partial charge in [0.2, 0.25) is 0 Å². The fourth-order valence-corrected chi connectivity index (χ4v) is 2.58. The second kappa shape index (κ2) is 8.08. The molecule has 0 bridgehead atoms. The molecule has 0 atom stereocenters. The number of rotatable bonds is 5. The number of aromatic nitrogens is 2. The van der Waals surface area contributed by atoms with Gasteiger partial charge in [-0.3, -0.25) is 0 Å². The minimum absolute atomic E-state index is 0.0288. The smallest absolute Gasteiger partial charge is 0.433 e. The Bertz CT molecular complexity index is 1050. The largest absolute Gasteiger partial charge is 0.461 e. The van der Waals surface area contributed by atoms with Gasteiger partial charge in [-0.05, 0) is 31.2 Å². The van der Waals surface area contributed by atoms with Crippen LogP contribution in [-0.2, 0) is 10.9 Å². The summed E-state index contributed by atoms with van der Waals surface area (Å²) in [4.78, 5) is 19.4. The Balaban J connectivity index is 2.14. The van der Waals surface area contributed by atoms with Gasteiger partial charge in [-0.15, -0.1) is 0 Å². The highest BCUT2D eigenvalue weighted by atomic mass is 35.5. The van der Waals surface area contributed by atoms with E-state index in [1.807, 2.05) is 0 Å². The number of pyridine rings is 1. The Labute approximate surface area is 166 Å². The number of halogens is 5. The maximum absolute atomic E-state index is 13.7. The lowest BCUT2D eigenvalue weighted by molar-refractivity contribution is -0.141. The zero-order chi connectivity index (χ0) is 21.2. The number of carbonyl (C=O) groups is 1. The van der Waals surface area contributed by atoms with E-state index in [0.717, 1.165) is 18.5 Å². The van der Waals surface area contributed by atoms with E-state index in [0.29, 0.717) is 6.07 Å². The van der Waals surface area contributed by atoms with Crippen LogP contribution in [0.2, 0.25) is 5.02 Å². The van der Waals surface area contributed by atoms with Crippen LogP contribution in [-0.4, -0.2) is 22.5 Å². The van der Waals surface area contributed by atoms with Crippen molar-refractivity contribution in [1.29, 1.82) is 0 Å². The zero-order valence-electron chi connectivity index (χ0n) is 14.7. The SMILES string of the molecule is CCOC(=O)c1ncoc1-c1ccc(C(F)(F)F)nc1Nc1cccc(F)c1Cl. The average Bonchev–Trinajstić information content (AvgIpc) is 3.14. The molecule has 0 fully saturated rings. The third kappa shape index (κ3) is 4.32. The van der Waals surface area contributed by atoms with Crippen molar-refractivity contribution in [2.75, 3.05) is 11.9 Å². The highest BCUT2D eigenvalue weighted by molar-refractivity contribution is 6.33. The molecular formula is C18H12ClF4N3O3. The van der Waals surface area contributed by atoms with E-state index >= 15 is 0 Å². The summed E-state index contributed by atoms with van der Waals surface area (Å²) >= 11 is 5.88. The Morgan fingerprint density at radius 3 is 2.72 bits per heavy atom. The van der Waals surface area contributed by atoms with Crippen molar-refractivity contribution in [3.8, 4) is 11.3 Å². The lowest BCUT2D eigenvalue weighted by Crippen LogP contribution is -2.11. The van der Waals surface area contributed by atoms with E-state index in [1.165, 1.54) is 12.1 Å². The molecule has 0 spiro atoms. The van der Waals surface area contributed by atoms with Crippen molar-refractivity contribution in [2.24, 2.45) is 0 Å². The predicted octanol–water partition coefficient (Wildman–Crippen LogP) is 5.47. The summed E-state index contributed by atoms with van der Waals surface area (Å²) in [5, 5.41) is 2.21. The quantitative estimate of drug-likeness (QED) is 0.428. The van der Waals surface area contributed by atoms with Crippen LogP contribution < -0.4 is 5.32 Å². The van der Waals surface area contributed by atoms with Gasteiger partial charge in [-0.25, -0.2) is 19.2 Å². The summed E-state index contributed by atoms with van der Waals surface area (Å²) in [7, 11) is 0. The second-order valence-corrected chi connectivity index (χ2v) is 5.95. The number of benzene rings is 1. The molecule has 0 aliphatic carbocycles. The number of ether oxygens (including phenoxy) is 1. The van der Waals surface area contributed by atoms with Gasteiger partial charge >= 0.3 is 12.1 Å². The number of nitrogens with one attached hydrogen (secondary N) is 1. The molecule has 3 rings (SSSR count). The first-order valence-corrected chi connectivity index (χ1v) is 8.50. The van der Waals surface area contributed by atoms with E-state index < -0.39 is 23.7 Å². The number of nitrogens with zero attached hydrogens (tertiary/aromatic N) is 2. The number of hydrogen-bond acceptors (Lipinski definition) is 6. The van der Waals surface area contributed by atoms with E-state index in [1.54, 1.807) is 6.92 Å². The normalized spacial score (nSPS) is 11.4. The molecule has 0 amide bonds. The maximum atomic E-state index is 13.7. The van der Waals surface area contributed by atoms with Gasteiger partial charge < -0.3 is 14.5 Å². The van der Waals surface area contributed by atoms with Gasteiger partial charge in [-0.2, -0.15) is 13.2 Å². The number of anilines is 2. The highest BCUT2D eigenvalue weighted by Crippen LogP contribution is 2.37. The van der Waals surface area contributed by atoms with Crippen molar-refractivity contribution >= 4 is 29.1 Å². The van der Waals surface area contributed by atoms with Crippen molar-refractivity contribution in [1.82, 2.24) is 9.97 Å². The minimum atomic E-state index is -4.74. The molecule has 29 heavy (non-hydrogen) atoms. The number of carbonyl (C=O) groups excluding carboxylic acids is 1. The topological polar surface area (TPSA) is 77.2 Å². The zero-order valence-corrected chi connectivity index (χ0v) is 15.4. The Kier molecular flexibility index (Phi) is 5.73. The predicted molar refractivity (Wildman–Crippen MR) is 95.4 cm³/mol. The Morgan fingerprint density at radius 2 is 2.03 bits per heavy atom. The van der Waals surface area contributed by atoms with Crippen molar-refractivity contribution in [3.05, 3.63) is 59.0 Å². The van der Waals surface area contributed by atoms with E-state index in [2.05, 4.69) is 15.3 Å². The fraction of sp³-hybridized carbons (Fsp3) is 0.167. The van der Waals surface area contributed by atoms with E-state index in [9.17, 15) is 22.4 Å². The first-order chi connectivity index (χ1) is 13.7. The number of oxazole rings is 1. The average molecular weight is 430 g/mol. The molecule has 3 aromatic rings. The second-order valence-electron chi connectivity index (χ2n) is 5.57. The molecule has 0 saturated heterocycles. The summed E-state index contributed by atoms with van der Waals surface area (Å²) in [5.74, 6) is -2.14. The Hall–Kier alpha value is -3.14. The van der Waals surface area contributed by atoms with Crippen LogP contribution in [0.1, 0.15) is 23.1 Å². The molecule has 2 aromatic heterocycles. The molecule has 1 aromatic carbocycles. The minimum Gasteiger partial charge on any atom is -0.461 e. The first-order valence-electron chi connectivity index (χ1n) is 8.12. The molecule has 0 unspecified atom stereocenters. The Morgan fingerprint density at radius 1 is 1.28 bits per heavy atom. The summed E-state index contributed by atoms with van der Waals surface area (Å²) < 4.78 is 63.2. The highest BCUT2D eigenvalue weighted by Gasteiger charge is 2.34. The number of alkyl halides is 3. The molecular weight excluding hydrogens is 418 g/mol. The first kappa shape index (κ1) is 20.6. The molecule has 152 valence electrons. The van der Waals surface area contributed by atoms with Crippen LogP contribution in [0, 0.1) is 5.82 Å². The van der Waals surface area contributed by atoms with Gasteiger partial charge in [0, 0.05) is 0 Å². The molecule has 1 N–H and O–H groups in total. The fourth-order valence-electron chi connectivity index (χ4n) is 2.41. The van der Waals surface area contributed by atoms with Gasteiger partial charge in [0.05, 0.1) is 22.9 Å². The van der Waals surface area contributed by atoms with E-state index in [4.69, 9.17) is 20.8 Å². The summed E-state index contributed by atoms with van der Waals surface area (Å²) in [5.41, 5.74) is -1.52. The van der Waals surface area contributed by atoms with Gasteiger partial charge in [0.15, 0.2) is 17.8 Å².